The number of ketones is 1. The van der Waals surface area contributed by atoms with Gasteiger partial charge in [0.2, 0.25) is 15.9 Å². The largest absolute Gasteiger partial charge is 0.420 e. The van der Waals surface area contributed by atoms with Crippen molar-refractivity contribution in [1.29, 1.82) is 0 Å². The number of amides is 1. The first-order chi connectivity index (χ1) is 14.8. The second-order valence-corrected chi connectivity index (χ2v) is 9.23. The van der Waals surface area contributed by atoms with E-state index >= 15 is 0 Å². The molecule has 4 rings (SSSR count). The summed E-state index contributed by atoms with van der Waals surface area (Å²) in [6, 6.07) is 12.7. The standard InChI is InChI=1S/C21H21N3O6S/c1-15(25)16-6-8-17(9-7-16)31(28,29)23-12-10-22(11-13-23)20(26)14-24-18-4-2-3-5-19(18)30-21(24)27/h2-9H,10-14H2,1H3. The molecule has 0 spiro atoms. The number of fused-ring (bicyclic) bond motifs is 1. The van der Waals surface area contributed by atoms with Gasteiger partial charge >= 0.3 is 5.76 Å². The van der Waals surface area contributed by atoms with E-state index in [9.17, 15) is 22.8 Å². The predicted molar refractivity (Wildman–Crippen MR) is 112 cm³/mol. The fourth-order valence-corrected chi connectivity index (χ4v) is 5.01. The van der Waals surface area contributed by atoms with Gasteiger partial charge in [-0.1, -0.05) is 24.3 Å². The molecule has 0 atom stereocenters. The molecule has 0 radical (unpaired) electrons. The van der Waals surface area contributed by atoms with E-state index in [1.165, 1.54) is 40.1 Å². The molecule has 1 aliphatic heterocycles. The number of nitrogens with zero attached hydrogens (tertiary/aromatic N) is 3. The topological polar surface area (TPSA) is 110 Å². The second-order valence-electron chi connectivity index (χ2n) is 7.29. The maximum atomic E-state index is 12.9. The van der Waals surface area contributed by atoms with Crippen molar-refractivity contribution < 1.29 is 22.4 Å². The van der Waals surface area contributed by atoms with Gasteiger partial charge in [0.05, 0.1) is 10.4 Å². The summed E-state index contributed by atoms with van der Waals surface area (Å²) in [6.07, 6.45) is 0. The van der Waals surface area contributed by atoms with E-state index in [2.05, 4.69) is 0 Å². The molecule has 0 bridgehead atoms. The Labute approximate surface area is 178 Å². The number of para-hydroxylation sites is 2. The molecule has 1 fully saturated rings. The van der Waals surface area contributed by atoms with E-state index in [1.54, 1.807) is 29.2 Å². The zero-order valence-corrected chi connectivity index (χ0v) is 17.7. The van der Waals surface area contributed by atoms with Gasteiger partial charge in [-0.3, -0.25) is 14.2 Å². The maximum Gasteiger partial charge on any atom is 0.420 e. The Morgan fingerprint density at radius 2 is 1.61 bits per heavy atom. The molecule has 1 aromatic heterocycles. The lowest BCUT2D eigenvalue weighted by Crippen LogP contribution is -2.51. The minimum Gasteiger partial charge on any atom is -0.408 e. The Kier molecular flexibility index (Phi) is 5.50. The lowest BCUT2D eigenvalue weighted by atomic mass is 10.2. The normalized spacial score (nSPS) is 15.3. The molecule has 0 unspecified atom stereocenters. The van der Waals surface area contributed by atoms with E-state index in [1.807, 2.05) is 0 Å². The number of benzene rings is 2. The molecule has 9 nitrogen and oxygen atoms in total. The highest BCUT2D eigenvalue weighted by atomic mass is 32.2. The van der Waals surface area contributed by atoms with E-state index in [0.717, 1.165) is 0 Å². The first-order valence-electron chi connectivity index (χ1n) is 9.74. The lowest BCUT2D eigenvalue weighted by molar-refractivity contribution is -0.133. The summed E-state index contributed by atoms with van der Waals surface area (Å²) in [7, 11) is -3.73. The quantitative estimate of drug-likeness (QED) is 0.550. The van der Waals surface area contributed by atoms with Gasteiger partial charge in [0.1, 0.15) is 6.54 Å². The number of sulfonamides is 1. The smallest absolute Gasteiger partial charge is 0.408 e. The number of hydrogen-bond donors (Lipinski definition) is 0. The monoisotopic (exact) mass is 443 g/mol. The molecule has 2 aromatic carbocycles. The third-order valence-corrected chi connectivity index (χ3v) is 7.27. The van der Waals surface area contributed by atoms with Gasteiger partial charge in [-0.25, -0.2) is 13.2 Å². The molecular weight excluding hydrogens is 422 g/mol. The van der Waals surface area contributed by atoms with Crippen molar-refractivity contribution in [2.24, 2.45) is 0 Å². The van der Waals surface area contributed by atoms with Crippen LogP contribution in [-0.4, -0.2) is 60.1 Å². The van der Waals surface area contributed by atoms with Crippen molar-refractivity contribution in [3.05, 3.63) is 64.6 Å². The highest BCUT2D eigenvalue weighted by molar-refractivity contribution is 7.89. The highest BCUT2D eigenvalue weighted by Crippen LogP contribution is 2.19. The van der Waals surface area contributed by atoms with Crippen molar-refractivity contribution in [2.45, 2.75) is 18.4 Å². The molecule has 0 N–H and O–H groups in total. The van der Waals surface area contributed by atoms with E-state index in [4.69, 9.17) is 4.42 Å². The van der Waals surface area contributed by atoms with Crippen LogP contribution in [0, 0.1) is 0 Å². The summed E-state index contributed by atoms with van der Waals surface area (Å²) in [4.78, 5) is 37.8. The molecule has 31 heavy (non-hydrogen) atoms. The molecule has 0 aliphatic carbocycles. The van der Waals surface area contributed by atoms with Gasteiger partial charge in [-0.05, 0) is 31.2 Å². The van der Waals surface area contributed by atoms with E-state index in [0.29, 0.717) is 16.7 Å². The number of hydrogen-bond acceptors (Lipinski definition) is 6. The van der Waals surface area contributed by atoms with Gasteiger partial charge in [0, 0.05) is 31.7 Å². The van der Waals surface area contributed by atoms with Crippen LogP contribution < -0.4 is 5.76 Å². The number of aromatic nitrogens is 1. The van der Waals surface area contributed by atoms with E-state index in [-0.39, 0.29) is 49.3 Å². The summed E-state index contributed by atoms with van der Waals surface area (Å²) in [5.74, 6) is -1.03. The molecule has 162 valence electrons. The zero-order valence-electron chi connectivity index (χ0n) is 16.9. The Balaban J connectivity index is 1.43. The van der Waals surface area contributed by atoms with Crippen molar-refractivity contribution in [1.82, 2.24) is 13.8 Å². The van der Waals surface area contributed by atoms with Gasteiger partial charge in [-0.15, -0.1) is 0 Å². The number of rotatable bonds is 5. The molecule has 0 saturated carbocycles. The summed E-state index contributed by atoms with van der Waals surface area (Å²) in [6.45, 7) is 1.96. The van der Waals surface area contributed by atoms with Crippen molar-refractivity contribution in [3.63, 3.8) is 0 Å². The summed E-state index contributed by atoms with van der Waals surface area (Å²) < 4.78 is 33.5. The van der Waals surface area contributed by atoms with Gasteiger partial charge in [-0.2, -0.15) is 4.31 Å². The number of oxazole rings is 1. The molecule has 1 amide bonds. The van der Waals surface area contributed by atoms with Crippen molar-refractivity contribution in [2.75, 3.05) is 26.2 Å². The van der Waals surface area contributed by atoms with Crippen LogP contribution in [0.5, 0.6) is 0 Å². The predicted octanol–water partition coefficient (Wildman–Crippen LogP) is 1.33. The zero-order chi connectivity index (χ0) is 22.2. The van der Waals surface area contributed by atoms with Gasteiger partial charge in [0.15, 0.2) is 11.4 Å². The number of Topliss-reactive ketones (excluding diaryl/α,β-unsaturated/α-hetero) is 1. The average molecular weight is 443 g/mol. The molecule has 1 saturated heterocycles. The van der Waals surface area contributed by atoms with E-state index < -0.39 is 15.8 Å². The summed E-state index contributed by atoms with van der Waals surface area (Å²) in [5.41, 5.74) is 1.39. The molecule has 10 heteroatoms. The second kappa shape index (κ2) is 8.12. The van der Waals surface area contributed by atoms with Crippen molar-refractivity contribution in [3.8, 4) is 0 Å². The van der Waals surface area contributed by atoms with Crippen LogP contribution in [0.3, 0.4) is 0 Å². The fourth-order valence-electron chi connectivity index (χ4n) is 3.59. The molecule has 3 aromatic rings. The highest BCUT2D eigenvalue weighted by Gasteiger charge is 2.30. The first-order valence-corrected chi connectivity index (χ1v) is 11.2. The Hall–Kier alpha value is -3.24. The number of carbonyl (C=O) groups excluding carboxylic acids is 2. The summed E-state index contributed by atoms with van der Waals surface area (Å²) >= 11 is 0. The third kappa shape index (κ3) is 4.04. The van der Waals surface area contributed by atoms with Gasteiger partial charge < -0.3 is 9.32 Å². The SMILES string of the molecule is CC(=O)c1ccc(S(=O)(=O)N2CCN(C(=O)Cn3c(=O)oc4ccccc43)CC2)cc1. The van der Waals surface area contributed by atoms with Crippen LogP contribution >= 0.6 is 0 Å². The van der Waals surface area contributed by atoms with Crippen LogP contribution in [0.2, 0.25) is 0 Å². The lowest BCUT2D eigenvalue weighted by Gasteiger charge is -2.34. The number of piperazine rings is 1. The molecule has 1 aliphatic rings. The maximum absolute atomic E-state index is 12.9. The van der Waals surface area contributed by atoms with Crippen LogP contribution in [0.25, 0.3) is 11.1 Å². The van der Waals surface area contributed by atoms with Crippen molar-refractivity contribution >= 4 is 32.8 Å². The Morgan fingerprint density at radius 3 is 2.26 bits per heavy atom. The average Bonchev–Trinajstić information content (AvgIpc) is 3.09. The third-order valence-electron chi connectivity index (χ3n) is 5.36. The Morgan fingerprint density at radius 1 is 0.968 bits per heavy atom. The minimum atomic E-state index is -3.73. The number of carbonyl (C=O) groups is 2. The molecule has 2 heterocycles. The van der Waals surface area contributed by atoms with Crippen LogP contribution in [-0.2, 0) is 21.4 Å². The van der Waals surface area contributed by atoms with Crippen LogP contribution in [0.15, 0.2) is 62.6 Å². The summed E-state index contributed by atoms with van der Waals surface area (Å²) in [5, 5.41) is 0. The first kappa shape index (κ1) is 21.0. The minimum absolute atomic E-state index is 0.105. The molecular formula is C21H21N3O6S. The van der Waals surface area contributed by atoms with Crippen LogP contribution in [0.1, 0.15) is 17.3 Å². The Bertz CT molecular complexity index is 1300. The van der Waals surface area contributed by atoms with Crippen LogP contribution in [0.4, 0.5) is 0 Å². The fraction of sp³-hybridized carbons (Fsp3) is 0.286. The van der Waals surface area contributed by atoms with Gasteiger partial charge in [0.25, 0.3) is 0 Å².